The first-order valence-corrected chi connectivity index (χ1v) is 16.3. The number of benzene rings is 3. The molecule has 0 aromatic heterocycles. The minimum atomic E-state index is -3.96. The molecule has 0 aliphatic heterocycles. The fourth-order valence-electron chi connectivity index (χ4n) is 4.42. The molecule has 0 bridgehead atoms. The van der Waals surface area contributed by atoms with Gasteiger partial charge in [-0.15, -0.1) is 0 Å². The van der Waals surface area contributed by atoms with Crippen LogP contribution in [0.15, 0.2) is 66.7 Å². The third-order valence-corrected chi connectivity index (χ3v) is 8.69. The van der Waals surface area contributed by atoms with Gasteiger partial charge >= 0.3 is 0 Å². The predicted molar refractivity (Wildman–Crippen MR) is 171 cm³/mol. The molecular weight excluding hydrogens is 613 g/mol. The van der Waals surface area contributed by atoms with Gasteiger partial charge in [0, 0.05) is 35.1 Å². The minimum Gasteiger partial charge on any atom is -0.493 e. The van der Waals surface area contributed by atoms with Gasteiger partial charge in [-0.3, -0.25) is 13.9 Å². The second-order valence-electron chi connectivity index (χ2n) is 10.1. The normalized spacial score (nSPS) is 12.6. The zero-order valence-corrected chi connectivity index (χ0v) is 27.2. The van der Waals surface area contributed by atoms with Crippen LogP contribution in [0.1, 0.15) is 31.4 Å². The summed E-state index contributed by atoms with van der Waals surface area (Å²) < 4.78 is 37.7. The Balaban J connectivity index is 2.11. The number of ether oxygens (including phenoxy) is 2. The molecule has 2 unspecified atom stereocenters. The van der Waals surface area contributed by atoms with Crippen molar-refractivity contribution >= 4 is 50.7 Å². The van der Waals surface area contributed by atoms with Crippen molar-refractivity contribution in [3.8, 4) is 11.5 Å². The van der Waals surface area contributed by atoms with Crippen LogP contribution in [-0.4, -0.2) is 64.2 Å². The van der Waals surface area contributed by atoms with Crippen molar-refractivity contribution < 1.29 is 27.5 Å². The zero-order valence-electron chi connectivity index (χ0n) is 24.8. The van der Waals surface area contributed by atoms with Gasteiger partial charge in [0.1, 0.15) is 12.6 Å². The van der Waals surface area contributed by atoms with E-state index in [0.717, 1.165) is 16.1 Å². The number of anilines is 1. The zero-order chi connectivity index (χ0) is 31.7. The Labute approximate surface area is 263 Å². The molecule has 1 N–H and O–H groups in total. The number of carbonyl (C=O) groups excluding carboxylic acids is 2. The highest BCUT2D eigenvalue weighted by Crippen LogP contribution is 2.33. The molecule has 2 amide bonds. The van der Waals surface area contributed by atoms with Gasteiger partial charge in [-0.25, -0.2) is 8.42 Å². The Hall–Kier alpha value is -3.47. The largest absolute Gasteiger partial charge is 0.493 e. The van der Waals surface area contributed by atoms with Crippen LogP contribution in [0.5, 0.6) is 11.5 Å². The number of amides is 2. The van der Waals surface area contributed by atoms with Crippen LogP contribution in [-0.2, 0) is 32.6 Å². The summed E-state index contributed by atoms with van der Waals surface area (Å²) in [5.74, 6) is -0.282. The molecular formula is C31H37Cl2N3O6S. The Morgan fingerprint density at radius 1 is 0.953 bits per heavy atom. The highest BCUT2D eigenvalue weighted by molar-refractivity contribution is 7.92. The third-order valence-electron chi connectivity index (χ3n) is 6.96. The second kappa shape index (κ2) is 15.3. The van der Waals surface area contributed by atoms with Crippen LogP contribution < -0.4 is 19.1 Å². The van der Waals surface area contributed by atoms with E-state index in [0.29, 0.717) is 33.5 Å². The number of rotatable bonds is 14. The maximum Gasteiger partial charge on any atom is 0.244 e. The number of hydrogen-bond acceptors (Lipinski definition) is 6. The molecule has 0 saturated heterocycles. The van der Waals surface area contributed by atoms with Gasteiger partial charge in [0.15, 0.2) is 11.5 Å². The summed E-state index contributed by atoms with van der Waals surface area (Å²) in [5.41, 5.74) is 1.57. The number of halogens is 2. The molecule has 0 aliphatic carbocycles. The van der Waals surface area contributed by atoms with Crippen LogP contribution in [0.4, 0.5) is 5.69 Å². The van der Waals surface area contributed by atoms with Gasteiger partial charge < -0.3 is 19.7 Å². The van der Waals surface area contributed by atoms with E-state index in [4.69, 9.17) is 32.7 Å². The van der Waals surface area contributed by atoms with Crippen LogP contribution in [0.3, 0.4) is 0 Å². The minimum absolute atomic E-state index is 0.0657. The first-order valence-electron chi connectivity index (χ1n) is 13.6. The van der Waals surface area contributed by atoms with Crippen LogP contribution in [0.2, 0.25) is 10.0 Å². The summed E-state index contributed by atoms with van der Waals surface area (Å²) in [4.78, 5) is 29.4. The van der Waals surface area contributed by atoms with Crippen LogP contribution in [0.25, 0.3) is 0 Å². The summed E-state index contributed by atoms with van der Waals surface area (Å²) in [6, 6.07) is 17.6. The average Bonchev–Trinajstić information content (AvgIpc) is 2.97. The molecule has 9 nitrogen and oxygen atoms in total. The van der Waals surface area contributed by atoms with Crippen molar-refractivity contribution in [2.45, 2.75) is 45.3 Å². The first kappa shape index (κ1) is 34.0. The molecule has 0 heterocycles. The Morgan fingerprint density at radius 2 is 1.63 bits per heavy atom. The van der Waals surface area contributed by atoms with Gasteiger partial charge in [-0.1, -0.05) is 66.5 Å². The first-order chi connectivity index (χ1) is 20.4. The lowest BCUT2D eigenvalue weighted by atomic mass is 10.0. The van der Waals surface area contributed by atoms with E-state index in [-0.39, 0.29) is 30.6 Å². The third kappa shape index (κ3) is 9.26. The molecule has 232 valence electrons. The van der Waals surface area contributed by atoms with E-state index >= 15 is 0 Å². The van der Waals surface area contributed by atoms with Crippen molar-refractivity contribution in [3.05, 3.63) is 87.9 Å². The Morgan fingerprint density at radius 3 is 2.21 bits per heavy atom. The topological polar surface area (TPSA) is 105 Å². The van der Waals surface area contributed by atoms with Gasteiger partial charge in [-0.05, 0) is 48.7 Å². The lowest BCUT2D eigenvalue weighted by Crippen LogP contribution is -2.54. The summed E-state index contributed by atoms with van der Waals surface area (Å²) in [6.07, 6.45) is 1.88. The molecule has 0 spiro atoms. The van der Waals surface area contributed by atoms with Crippen molar-refractivity contribution in [1.29, 1.82) is 0 Å². The summed E-state index contributed by atoms with van der Waals surface area (Å²) in [6.45, 7) is 3.17. The highest BCUT2D eigenvalue weighted by atomic mass is 35.5. The summed E-state index contributed by atoms with van der Waals surface area (Å²) >= 11 is 12.6. The molecule has 12 heteroatoms. The lowest BCUT2D eigenvalue weighted by molar-refractivity contribution is -0.140. The van der Waals surface area contributed by atoms with E-state index in [1.54, 1.807) is 24.3 Å². The molecule has 0 fully saturated rings. The fourth-order valence-corrected chi connectivity index (χ4v) is 5.73. The Kier molecular flexibility index (Phi) is 12.1. The molecule has 3 aromatic rings. The summed E-state index contributed by atoms with van der Waals surface area (Å²) in [5, 5.41) is 3.72. The number of sulfonamides is 1. The average molecular weight is 651 g/mol. The van der Waals surface area contributed by atoms with Gasteiger partial charge in [0.25, 0.3) is 0 Å². The molecule has 2 atom stereocenters. The number of nitrogens with zero attached hydrogens (tertiary/aromatic N) is 2. The van der Waals surface area contributed by atoms with Gasteiger partial charge in [0.05, 0.1) is 26.2 Å². The van der Waals surface area contributed by atoms with E-state index in [2.05, 4.69) is 5.32 Å². The van der Waals surface area contributed by atoms with E-state index < -0.39 is 28.5 Å². The van der Waals surface area contributed by atoms with Crippen LogP contribution in [0, 0.1) is 0 Å². The molecule has 0 saturated carbocycles. The highest BCUT2D eigenvalue weighted by Gasteiger charge is 2.34. The monoisotopic (exact) mass is 649 g/mol. The number of nitrogens with one attached hydrogen (secondary N) is 1. The number of methoxy groups -OCH3 is 2. The van der Waals surface area contributed by atoms with Crippen molar-refractivity contribution in [1.82, 2.24) is 10.2 Å². The van der Waals surface area contributed by atoms with E-state index in [9.17, 15) is 18.0 Å². The molecule has 43 heavy (non-hydrogen) atoms. The van der Waals surface area contributed by atoms with Gasteiger partial charge in [-0.2, -0.15) is 0 Å². The maximum absolute atomic E-state index is 14.2. The molecule has 3 rings (SSSR count). The predicted octanol–water partition coefficient (Wildman–Crippen LogP) is 5.33. The standard InChI is InChI=1S/C31H37Cl2N3O6S/c1-6-21(2)34-31(38)27(16-22-10-8-7-9-11-22)35(19-23-12-13-24(32)17-26(23)33)30(37)20-36(43(5,39)40)25-14-15-28(41-3)29(18-25)42-4/h7-15,17-18,21,27H,6,16,19-20H2,1-5H3,(H,34,38). The molecule has 0 radical (unpaired) electrons. The number of carbonyl (C=O) groups is 2. The van der Waals surface area contributed by atoms with E-state index in [1.165, 1.54) is 31.3 Å². The SMILES string of the molecule is CCC(C)NC(=O)C(Cc1ccccc1)N(Cc1ccc(Cl)cc1Cl)C(=O)CN(c1ccc(OC)c(OC)c1)S(C)(=O)=O. The lowest BCUT2D eigenvalue weighted by Gasteiger charge is -2.34. The van der Waals surface area contributed by atoms with E-state index in [1.807, 2.05) is 44.2 Å². The van der Waals surface area contributed by atoms with Crippen molar-refractivity contribution in [2.24, 2.45) is 0 Å². The quantitative estimate of drug-likeness (QED) is 0.253. The number of hydrogen-bond donors (Lipinski definition) is 1. The van der Waals surface area contributed by atoms with Crippen molar-refractivity contribution in [2.75, 3.05) is 31.3 Å². The molecule has 0 aliphatic rings. The Bertz CT molecular complexity index is 1520. The molecule has 3 aromatic carbocycles. The van der Waals surface area contributed by atoms with Crippen LogP contribution >= 0.6 is 23.2 Å². The summed E-state index contributed by atoms with van der Waals surface area (Å²) in [7, 11) is -1.07. The smallest absolute Gasteiger partial charge is 0.244 e. The second-order valence-corrected chi connectivity index (χ2v) is 12.8. The van der Waals surface area contributed by atoms with Crippen molar-refractivity contribution in [3.63, 3.8) is 0 Å². The fraction of sp³-hybridized carbons (Fsp3) is 0.355. The van der Waals surface area contributed by atoms with Gasteiger partial charge in [0.2, 0.25) is 21.8 Å². The maximum atomic E-state index is 14.2.